The summed E-state index contributed by atoms with van der Waals surface area (Å²) in [6.45, 7) is 2.48. The molecule has 1 heterocycles. The topological polar surface area (TPSA) is 62.0 Å². The van der Waals surface area contributed by atoms with E-state index in [0.717, 1.165) is 22.0 Å². The molecule has 1 aromatic heterocycles. The average molecular weight is 352 g/mol. The highest BCUT2D eigenvalue weighted by Crippen LogP contribution is 2.13. The van der Waals surface area contributed by atoms with E-state index in [2.05, 4.69) is 10.3 Å². The van der Waals surface area contributed by atoms with E-state index in [-0.39, 0.29) is 23.7 Å². The lowest BCUT2D eigenvalue weighted by Gasteiger charge is -2.07. The molecule has 4 nitrogen and oxygen atoms in total. The fraction of sp³-hybridized carbons (Fsp3) is 0.238. The maximum Gasteiger partial charge on any atom is 0.251 e. The summed E-state index contributed by atoms with van der Waals surface area (Å²) >= 11 is 0. The van der Waals surface area contributed by atoms with Crippen molar-refractivity contribution < 1.29 is 9.18 Å². The molecule has 0 saturated carbocycles. The van der Waals surface area contributed by atoms with Crippen molar-refractivity contribution in [2.45, 2.75) is 26.2 Å². The van der Waals surface area contributed by atoms with Crippen LogP contribution >= 0.6 is 0 Å². The first-order valence-corrected chi connectivity index (χ1v) is 8.65. The number of amides is 1. The number of halogens is 1. The second kappa shape index (κ2) is 7.95. The van der Waals surface area contributed by atoms with E-state index in [1.807, 2.05) is 31.2 Å². The van der Waals surface area contributed by atoms with Crippen LogP contribution in [-0.4, -0.2) is 17.4 Å². The Balaban J connectivity index is 1.54. The van der Waals surface area contributed by atoms with Crippen molar-refractivity contribution >= 4 is 16.8 Å². The van der Waals surface area contributed by atoms with Crippen LogP contribution in [0.2, 0.25) is 0 Å². The Bertz CT molecular complexity index is 977. The summed E-state index contributed by atoms with van der Waals surface area (Å²) in [4.78, 5) is 27.0. The predicted octanol–water partition coefficient (Wildman–Crippen LogP) is 3.27. The van der Waals surface area contributed by atoms with Gasteiger partial charge in [0.15, 0.2) is 0 Å². The lowest BCUT2D eigenvalue weighted by atomic mass is 10.1. The van der Waals surface area contributed by atoms with Crippen LogP contribution in [0.1, 0.15) is 23.1 Å². The molecule has 26 heavy (non-hydrogen) atoms. The van der Waals surface area contributed by atoms with Gasteiger partial charge in [0, 0.05) is 24.0 Å². The number of aromatic nitrogens is 1. The van der Waals surface area contributed by atoms with Crippen LogP contribution in [-0.2, 0) is 17.6 Å². The number of benzene rings is 2. The highest BCUT2D eigenvalue weighted by Gasteiger charge is 2.07. The first kappa shape index (κ1) is 17.9. The van der Waals surface area contributed by atoms with Crippen molar-refractivity contribution in [2.75, 3.05) is 6.54 Å². The minimum Gasteiger partial charge on any atom is -0.356 e. The summed E-state index contributed by atoms with van der Waals surface area (Å²) in [5.74, 6) is -0.371. The summed E-state index contributed by atoms with van der Waals surface area (Å²) in [6, 6.07) is 13.9. The quantitative estimate of drug-likeness (QED) is 0.715. The highest BCUT2D eigenvalue weighted by molar-refractivity contribution is 5.80. The summed E-state index contributed by atoms with van der Waals surface area (Å²) in [6.07, 6.45) is 1.28. The van der Waals surface area contributed by atoms with E-state index in [1.165, 1.54) is 12.1 Å². The van der Waals surface area contributed by atoms with Gasteiger partial charge in [0.25, 0.3) is 5.56 Å². The van der Waals surface area contributed by atoms with Crippen molar-refractivity contribution in [3.05, 3.63) is 81.4 Å². The van der Waals surface area contributed by atoms with Gasteiger partial charge >= 0.3 is 0 Å². The molecule has 2 N–H and O–H groups in total. The zero-order valence-corrected chi connectivity index (χ0v) is 14.6. The summed E-state index contributed by atoms with van der Waals surface area (Å²) in [5, 5.41) is 3.81. The molecule has 0 atom stereocenters. The molecule has 0 fully saturated rings. The summed E-state index contributed by atoms with van der Waals surface area (Å²) in [7, 11) is 0. The number of fused-ring (bicyclic) bond motifs is 1. The molecule has 0 saturated heterocycles. The monoisotopic (exact) mass is 352 g/mol. The maximum atomic E-state index is 12.9. The molecule has 3 rings (SSSR count). The van der Waals surface area contributed by atoms with E-state index < -0.39 is 0 Å². The number of hydrogen-bond acceptors (Lipinski definition) is 2. The van der Waals surface area contributed by atoms with Crippen LogP contribution in [0.3, 0.4) is 0 Å². The number of hydrogen-bond donors (Lipinski definition) is 2. The Morgan fingerprint density at radius 2 is 1.85 bits per heavy atom. The van der Waals surface area contributed by atoms with Crippen LogP contribution in [0, 0.1) is 12.7 Å². The third-order valence-corrected chi connectivity index (χ3v) is 4.35. The average Bonchev–Trinajstić information content (AvgIpc) is 2.62. The number of nitrogens with one attached hydrogen (secondary N) is 2. The number of aryl methyl sites for hydroxylation is 2. The maximum absolute atomic E-state index is 12.9. The molecule has 3 aromatic rings. The first-order chi connectivity index (χ1) is 12.5. The zero-order valence-electron chi connectivity index (χ0n) is 14.6. The minimum absolute atomic E-state index is 0.101. The summed E-state index contributed by atoms with van der Waals surface area (Å²) < 4.78 is 12.9. The van der Waals surface area contributed by atoms with Crippen molar-refractivity contribution in [2.24, 2.45) is 0 Å². The van der Waals surface area contributed by atoms with Crippen LogP contribution in [0.5, 0.6) is 0 Å². The van der Waals surface area contributed by atoms with Crippen LogP contribution in [0.15, 0.2) is 53.3 Å². The Morgan fingerprint density at radius 1 is 1.08 bits per heavy atom. The molecule has 0 bridgehead atoms. The second-order valence-electron chi connectivity index (χ2n) is 6.44. The molecule has 134 valence electrons. The third-order valence-electron chi connectivity index (χ3n) is 4.35. The molecule has 1 amide bonds. The van der Waals surface area contributed by atoms with Crippen molar-refractivity contribution in [1.29, 1.82) is 0 Å². The van der Waals surface area contributed by atoms with Crippen molar-refractivity contribution in [3.63, 3.8) is 0 Å². The van der Waals surface area contributed by atoms with Gasteiger partial charge < -0.3 is 10.3 Å². The number of pyridine rings is 1. The molecular weight excluding hydrogens is 331 g/mol. The van der Waals surface area contributed by atoms with E-state index in [9.17, 15) is 14.0 Å². The molecule has 0 aliphatic rings. The van der Waals surface area contributed by atoms with E-state index in [1.54, 1.807) is 12.1 Å². The molecule has 5 heteroatoms. The van der Waals surface area contributed by atoms with Crippen LogP contribution in [0.25, 0.3) is 10.9 Å². The van der Waals surface area contributed by atoms with Gasteiger partial charge in [-0.15, -0.1) is 0 Å². The van der Waals surface area contributed by atoms with Gasteiger partial charge in [-0.1, -0.05) is 23.8 Å². The van der Waals surface area contributed by atoms with E-state index in [0.29, 0.717) is 24.9 Å². The molecule has 2 aromatic carbocycles. The Labute approximate surface area is 151 Å². The Kier molecular flexibility index (Phi) is 5.46. The lowest BCUT2D eigenvalue weighted by Crippen LogP contribution is -2.26. The SMILES string of the molecule is Cc1ccc2[nH]c(=O)c(CCC(=O)NCCc3ccc(F)cc3)cc2c1. The fourth-order valence-electron chi connectivity index (χ4n) is 2.89. The van der Waals surface area contributed by atoms with Gasteiger partial charge in [0.1, 0.15) is 5.82 Å². The number of carbonyl (C=O) groups is 1. The molecule has 0 aliphatic heterocycles. The van der Waals surface area contributed by atoms with Gasteiger partial charge in [-0.25, -0.2) is 4.39 Å². The Hall–Kier alpha value is -2.95. The molecule has 0 unspecified atom stereocenters. The molecular formula is C21H21FN2O2. The number of rotatable bonds is 6. The normalized spacial score (nSPS) is 10.8. The van der Waals surface area contributed by atoms with Gasteiger partial charge in [-0.3, -0.25) is 9.59 Å². The third kappa shape index (κ3) is 4.57. The van der Waals surface area contributed by atoms with Crippen LogP contribution in [0.4, 0.5) is 4.39 Å². The minimum atomic E-state index is -0.270. The summed E-state index contributed by atoms with van der Waals surface area (Å²) in [5.41, 5.74) is 3.34. The van der Waals surface area contributed by atoms with Gasteiger partial charge in [-0.2, -0.15) is 0 Å². The largest absolute Gasteiger partial charge is 0.356 e. The molecule has 0 radical (unpaired) electrons. The van der Waals surface area contributed by atoms with Gasteiger partial charge in [-0.05, 0) is 61.0 Å². The smallest absolute Gasteiger partial charge is 0.251 e. The zero-order chi connectivity index (χ0) is 18.5. The predicted molar refractivity (Wildman–Crippen MR) is 101 cm³/mol. The number of H-pyrrole nitrogens is 1. The highest BCUT2D eigenvalue weighted by atomic mass is 19.1. The van der Waals surface area contributed by atoms with Gasteiger partial charge in [0.05, 0.1) is 0 Å². The fourth-order valence-corrected chi connectivity index (χ4v) is 2.89. The second-order valence-corrected chi connectivity index (χ2v) is 6.44. The number of carbonyl (C=O) groups excluding carboxylic acids is 1. The van der Waals surface area contributed by atoms with Gasteiger partial charge in [0.2, 0.25) is 5.91 Å². The number of aromatic amines is 1. The Morgan fingerprint density at radius 3 is 2.62 bits per heavy atom. The standard InChI is InChI=1S/C21H21FN2O2/c1-14-2-8-19-17(12-14)13-16(21(26)24-19)5-9-20(25)23-11-10-15-3-6-18(22)7-4-15/h2-4,6-8,12-13H,5,9-11H2,1H3,(H,23,25)(H,24,26). The van der Waals surface area contributed by atoms with Crippen molar-refractivity contribution in [1.82, 2.24) is 10.3 Å². The van der Waals surface area contributed by atoms with Crippen LogP contribution < -0.4 is 10.9 Å². The van der Waals surface area contributed by atoms with E-state index >= 15 is 0 Å². The van der Waals surface area contributed by atoms with Crippen molar-refractivity contribution in [3.8, 4) is 0 Å². The first-order valence-electron chi connectivity index (χ1n) is 8.65. The van der Waals surface area contributed by atoms with E-state index in [4.69, 9.17) is 0 Å². The molecule has 0 spiro atoms. The molecule has 0 aliphatic carbocycles. The lowest BCUT2D eigenvalue weighted by molar-refractivity contribution is -0.121.